The molecular weight excluding hydrogens is 454 g/mol. The number of aryl methyl sites for hydroxylation is 1. The summed E-state index contributed by atoms with van der Waals surface area (Å²) < 4.78 is 33.0. The van der Waals surface area contributed by atoms with E-state index in [2.05, 4.69) is 12.2 Å². The molecule has 0 aliphatic carbocycles. The average Bonchev–Trinajstić information content (AvgIpc) is 2.84. The van der Waals surface area contributed by atoms with Crippen LogP contribution < -0.4 is 15.0 Å². The van der Waals surface area contributed by atoms with Gasteiger partial charge in [0.15, 0.2) is 0 Å². The molecule has 1 N–H and O–H groups in total. The Labute approximate surface area is 200 Å². The number of rotatable bonds is 7. The van der Waals surface area contributed by atoms with E-state index >= 15 is 0 Å². The summed E-state index contributed by atoms with van der Waals surface area (Å²) in [7, 11) is -1.98. The molecule has 0 atom stereocenters. The highest BCUT2D eigenvalue weighted by Gasteiger charge is 2.31. The summed E-state index contributed by atoms with van der Waals surface area (Å²) in [5.74, 6) is 0.844. The molecule has 1 fully saturated rings. The van der Waals surface area contributed by atoms with E-state index in [0.717, 1.165) is 29.7 Å². The SMILES string of the molecule is COc1ccc(CNC(=O)CN2C(=O)CCc3cc(S(=O)(=O)N4CCC(C)CC4)ccc32)cc1. The van der Waals surface area contributed by atoms with Gasteiger partial charge in [-0.15, -0.1) is 0 Å². The number of hydrogen-bond acceptors (Lipinski definition) is 5. The van der Waals surface area contributed by atoms with Crippen LogP contribution in [0.3, 0.4) is 0 Å². The predicted molar refractivity (Wildman–Crippen MR) is 129 cm³/mol. The number of sulfonamides is 1. The van der Waals surface area contributed by atoms with Crippen molar-refractivity contribution in [1.82, 2.24) is 9.62 Å². The smallest absolute Gasteiger partial charge is 0.243 e. The maximum Gasteiger partial charge on any atom is 0.243 e. The molecule has 4 rings (SSSR count). The molecule has 0 saturated carbocycles. The highest BCUT2D eigenvalue weighted by atomic mass is 32.2. The van der Waals surface area contributed by atoms with Gasteiger partial charge in [-0.05, 0) is 66.6 Å². The predicted octanol–water partition coefficient (Wildman–Crippen LogP) is 2.71. The molecule has 0 radical (unpaired) electrons. The summed E-state index contributed by atoms with van der Waals surface area (Å²) in [4.78, 5) is 26.9. The minimum Gasteiger partial charge on any atom is -0.497 e. The Bertz CT molecular complexity index is 1160. The van der Waals surface area contributed by atoms with Crippen LogP contribution in [0.4, 0.5) is 5.69 Å². The van der Waals surface area contributed by atoms with Crippen LogP contribution in [0.25, 0.3) is 0 Å². The first-order chi connectivity index (χ1) is 16.3. The second kappa shape index (κ2) is 10.1. The number of fused-ring (bicyclic) bond motifs is 1. The van der Waals surface area contributed by atoms with Crippen LogP contribution in [0.15, 0.2) is 47.4 Å². The molecule has 9 heteroatoms. The van der Waals surface area contributed by atoms with Crippen LogP contribution in [0.5, 0.6) is 5.75 Å². The monoisotopic (exact) mass is 485 g/mol. The molecule has 0 spiro atoms. The summed E-state index contributed by atoms with van der Waals surface area (Å²) in [6.45, 7) is 3.42. The lowest BCUT2D eigenvalue weighted by Crippen LogP contribution is -2.43. The number of methoxy groups -OCH3 is 1. The van der Waals surface area contributed by atoms with Gasteiger partial charge in [-0.25, -0.2) is 8.42 Å². The Kier molecular flexibility index (Phi) is 7.23. The van der Waals surface area contributed by atoms with E-state index in [1.54, 1.807) is 29.6 Å². The van der Waals surface area contributed by atoms with Crippen LogP contribution >= 0.6 is 0 Å². The fourth-order valence-corrected chi connectivity index (χ4v) is 5.91. The number of amides is 2. The molecule has 34 heavy (non-hydrogen) atoms. The Morgan fingerprint density at radius 1 is 1.09 bits per heavy atom. The quantitative estimate of drug-likeness (QED) is 0.651. The molecule has 0 unspecified atom stereocenters. The zero-order valence-corrected chi connectivity index (χ0v) is 20.4. The van der Waals surface area contributed by atoms with Crippen LogP contribution in [-0.4, -0.2) is 51.3 Å². The number of ether oxygens (including phenoxy) is 1. The molecule has 2 amide bonds. The van der Waals surface area contributed by atoms with Gasteiger partial charge in [0, 0.05) is 31.7 Å². The normalized spacial score (nSPS) is 17.4. The lowest BCUT2D eigenvalue weighted by atomic mass is 10.0. The molecule has 182 valence electrons. The van der Waals surface area contributed by atoms with E-state index in [1.165, 1.54) is 4.90 Å². The Hall–Kier alpha value is -2.91. The second-order valence-corrected chi connectivity index (χ2v) is 10.9. The van der Waals surface area contributed by atoms with E-state index in [-0.39, 0.29) is 29.7 Å². The van der Waals surface area contributed by atoms with Gasteiger partial charge >= 0.3 is 0 Å². The first-order valence-corrected chi connectivity index (χ1v) is 13.0. The van der Waals surface area contributed by atoms with Gasteiger partial charge in [0.2, 0.25) is 21.8 Å². The number of carbonyl (C=O) groups excluding carboxylic acids is 2. The molecule has 8 nitrogen and oxygen atoms in total. The van der Waals surface area contributed by atoms with E-state index in [1.807, 2.05) is 24.3 Å². The number of nitrogens with one attached hydrogen (secondary N) is 1. The lowest BCUT2D eigenvalue weighted by Gasteiger charge is -2.31. The maximum absolute atomic E-state index is 13.1. The van der Waals surface area contributed by atoms with E-state index in [4.69, 9.17) is 4.74 Å². The number of anilines is 1. The molecule has 0 aromatic heterocycles. The Balaban J connectivity index is 1.45. The standard InChI is InChI=1S/C25H31N3O5S/c1-18-11-13-27(14-12-18)34(31,32)22-8-9-23-20(15-22)5-10-25(30)28(23)17-24(29)26-16-19-3-6-21(33-2)7-4-19/h3-4,6-9,15,18H,5,10-14,16-17H2,1-2H3,(H,26,29). The molecule has 2 aliphatic heterocycles. The lowest BCUT2D eigenvalue weighted by molar-refractivity contribution is -0.124. The maximum atomic E-state index is 13.1. The van der Waals surface area contributed by atoms with Gasteiger partial charge < -0.3 is 15.0 Å². The van der Waals surface area contributed by atoms with Gasteiger partial charge in [0.05, 0.1) is 12.0 Å². The van der Waals surface area contributed by atoms with E-state index in [0.29, 0.717) is 37.7 Å². The number of hydrogen-bond donors (Lipinski definition) is 1. The molecule has 0 bridgehead atoms. The van der Waals surface area contributed by atoms with Gasteiger partial charge in [-0.1, -0.05) is 19.1 Å². The average molecular weight is 486 g/mol. The van der Waals surface area contributed by atoms with Crippen molar-refractivity contribution in [2.75, 3.05) is 31.6 Å². The van der Waals surface area contributed by atoms with E-state index < -0.39 is 10.0 Å². The highest BCUT2D eigenvalue weighted by molar-refractivity contribution is 7.89. The highest BCUT2D eigenvalue weighted by Crippen LogP contribution is 2.32. The Morgan fingerprint density at radius 3 is 2.47 bits per heavy atom. The minimum absolute atomic E-state index is 0.113. The van der Waals surface area contributed by atoms with Crippen molar-refractivity contribution in [1.29, 1.82) is 0 Å². The van der Waals surface area contributed by atoms with Crippen molar-refractivity contribution >= 4 is 27.5 Å². The first kappa shape index (κ1) is 24.2. The van der Waals surface area contributed by atoms with Gasteiger partial charge in [-0.3, -0.25) is 9.59 Å². The summed E-state index contributed by atoms with van der Waals surface area (Å²) >= 11 is 0. The molecule has 2 aromatic rings. The van der Waals surface area contributed by atoms with Crippen molar-refractivity contribution in [3.63, 3.8) is 0 Å². The third-order valence-corrected chi connectivity index (χ3v) is 8.48. The summed E-state index contributed by atoms with van der Waals surface area (Å²) in [6, 6.07) is 12.2. The molecular formula is C25H31N3O5S. The number of benzene rings is 2. The van der Waals surface area contributed by atoms with Crippen molar-refractivity contribution in [3.8, 4) is 5.75 Å². The first-order valence-electron chi connectivity index (χ1n) is 11.6. The summed E-state index contributed by atoms with van der Waals surface area (Å²) in [5, 5.41) is 2.84. The molecule has 2 aromatic carbocycles. The van der Waals surface area contributed by atoms with Crippen molar-refractivity contribution in [2.24, 2.45) is 5.92 Å². The largest absolute Gasteiger partial charge is 0.497 e. The molecule has 1 saturated heterocycles. The van der Waals surface area contributed by atoms with Crippen LogP contribution in [-0.2, 0) is 32.6 Å². The van der Waals surface area contributed by atoms with Crippen LogP contribution in [0, 0.1) is 5.92 Å². The topological polar surface area (TPSA) is 96.0 Å². The zero-order chi connectivity index (χ0) is 24.3. The van der Waals surface area contributed by atoms with Gasteiger partial charge in [-0.2, -0.15) is 4.31 Å². The number of piperidine rings is 1. The van der Waals surface area contributed by atoms with Crippen LogP contribution in [0.1, 0.15) is 37.3 Å². The second-order valence-electron chi connectivity index (χ2n) is 8.98. The minimum atomic E-state index is -3.58. The third kappa shape index (κ3) is 5.26. The number of carbonyl (C=O) groups is 2. The fraction of sp³-hybridized carbons (Fsp3) is 0.440. The zero-order valence-electron chi connectivity index (χ0n) is 19.6. The molecule has 2 aliphatic rings. The van der Waals surface area contributed by atoms with Crippen molar-refractivity contribution < 1.29 is 22.7 Å². The van der Waals surface area contributed by atoms with Crippen LogP contribution in [0.2, 0.25) is 0 Å². The summed E-state index contributed by atoms with van der Waals surface area (Å²) in [6.07, 6.45) is 2.41. The van der Waals surface area contributed by atoms with Crippen molar-refractivity contribution in [3.05, 3.63) is 53.6 Å². The van der Waals surface area contributed by atoms with Gasteiger partial charge in [0.1, 0.15) is 12.3 Å². The van der Waals surface area contributed by atoms with E-state index in [9.17, 15) is 18.0 Å². The van der Waals surface area contributed by atoms with Gasteiger partial charge in [0.25, 0.3) is 0 Å². The van der Waals surface area contributed by atoms with Crippen molar-refractivity contribution in [2.45, 2.75) is 44.0 Å². The number of nitrogens with zero attached hydrogens (tertiary/aromatic N) is 2. The summed E-state index contributed by atoms with van der Waals surface area (Å²) in [5.41, 5.74) is 2.29. The third-order valence-electron chi connectivity index (χ3n) is 6.58. The molecule has 2 heterocycles. The Morgan fingerprint density at radius 2 is 1.79 bits per heavy atom. The fourth-order valence-electron chi connectivity index (χ4n) is 4.39.